The highest BCUT2D eigenvalue weighted by molar-refractivity contribution is 6.07. The Morgan fingerprint density at radius 1 is 1.15 bits per heavy atom. The van der Waals surface area contributed by atoms with Gasteiger partial charge in [0.2, 0.25) is 0 Å². The molecule has 4 rings (SSSR count). The molecule has 6 nitrogen and oxygen atoms in total. The molecule has 0 aromatic heterocycles. The Morgan fingerprint density at radius 3 is 2.73 bits per heavy atom. The standard InChI is InChI=1S/C20H20N2O4/c1-14-6-8-15(9-7-14)25-13-11-22-18(23)20(21-19(22)24)10-12-26-17-5-3-2-4-16(17)20/h2-9H,10-13H2,1H3,(H,21,24)/t20-/m1/s1. The van der Waals surface area contributed by atoms with Crippen molar-refractivity contribution in [2.75, 3.05) is 19.8 Å². The van der Waals surface area contributed by atoms with Gasteiger partial charge in [0.25, 0.3) is 5.91 Å². The molecule has 3 amide bonds. The second-order valence-corrected chi connectivity index (χ2v) is 6.55. The number of fused-ring (bicyclic) bond motifs is 2. The molecule has 2 aliphatic heterocycles. The maximum absolute atomic E-state index is 13.1. The average molecular weight is 352 g/mol. The van der Waals surface area contributed by atoms with Gasteiger partial charge in [0.15, 0.2) is 5.54 Å². The van der Waals surface area contributed by atoms with E-state index >= 15 is 0 Å². The Bertz CT molecular complexity index is 849. The number of carbonyl (C=O) groups excluding carboxylic acids is 2. The van der Waals surface area contributed by atoms with Crippen molar-refractivity contribution < 1.29 is 19.1 Å². The highest BCUT2D eigenvalue weighted by Gasteiger charge is 2.54. The number of nitrogens with one attached hydrogen (secondary N) is 1. The van der Waals surface area contributed by atoms with Crippen molar-refractivity contribution in [2.24, 2.45) is 0 Å². The second kappa shape index (κ2) is 6.37. The number of carbonyl (C=O) groups is 2. The molecule has 1 fully saturated rings. The molecule has 6 heteroatoms. The summed E-state index contributed by atoms with van der Waals surface area (Å²) in [5.74, 6) is 1.12. The molecule has 1 spiro atoms. The SMILES string of the molecule is Cc1ccc(OCCN2C(=O)N[C@@]3(CCOc4ccccc43)C2=O)cc1. The quantitative estimate of drug-likeness (QED) is 0.859. The highest BCUT2D eigenvalue weighted by atomic mass is 16.5. The van der Waals surface area contributed by atoms with Crippen LogP contribution in [0.15, 0.2) is 48.5 Å². The van der Waals surface area contributed by atoms with E-state index in [-0.39, 0.29) is 25.1 Å². The van der Waals surface area contributed by atoms with E-state index in [0.29, 0.717) is 30.1 Å². The van der Waals surface area contributed by atoms with Crippen LogP contribution in [-0.2, 0) is 10.3 Å². The van der Waals surface area contributed by atoms with E-state index in [2.05, 4.69) is 5.32 Å². The average Bonchev–Trinajstić information content (AvgIpc) is 2.88. The van der Waals surface area contributed by atoms with Crippen molar-refractivity contribution in [1.82, 2.24) is 10.2 Å². The number of hydrogen-bond donors (Lipinski definition) is 1. The van der Waals surface area contributed by atoms with Crippen LogP contribution < -0.4 is 14.8 Å². The summed E-state index contributed by atoms with van der Waals surface area (Å²) in [6, 6.07) is 14.6. The fourth-order valence-corrected chi connectivity index (χ4v) is 3.46. The molecule has 134 valence electrons. The monoisotopic (exact) mass is 352 g/mol. The number of para-hydroxylation sites is 1. The van der Waals surface area contributed by atoms with E-state index in [9.17, 15) is 9.59 Å². The lowest BCUT2D eigenvalue weighted by Crippen LogP contribution is -2.47. The van der Waals surface area contributed by atoms with Crippen molar-refractivity contribution in [3.63, 3.8) is 0 Å². The number of amides is 3. The van der Waals surface area contributed by atoms with Crippen LogP contribution >= 0.6 is 0 Å². The zero-order valence-electron chi connectivity index (χ0n) is 14.5. The zero-order chi connectivity index (χ0) is 18.1. The molecule has 1 atom stereocenters. The Balaban J connectivity index is 1.49. The molecule has 2 heterocycles. The topological polar surface area (TPSA) is 67.9 Å². The van der Waals surface area contributed by atoms with E-state index < -0.39 is 5.54 Å². The van der Waals surface area contributed by atoms with Gasteiger partial charge in [-0.05, 0) is 25.1 Å². The summed E-state index contributed by atoms with van der Waals surface area (Å²) in [7, 11) is 0. The number of imide groups is 1. The second-order valence-electron chi connectivity index (χ2n) is 6.55. The van der Waals surface area contributed by atoms with E-state index in [0.717, 1.165) is 5.56 Å². The van der Waals surface area contributed by atoms with E-state index in [1.54, 1.807) is 0 Å². The van der Waals surface area contributed by atoms with Gasteiger partial charge in [-0.25, -0.2) is 4.79 Å². The predicted octanol–water partition coefficient (Wildman–Crippen LogP) is 2.60. The van der Waals surface area contributed by atoms with Gasteiger partial charge in [-0.1, -0.05) is 35.9 Å². The first-order chi connectivity index (χ1) is 12.6. The van der Waals surface area contributed by atoms with Crippen LogP contribution in [-0.4, -0.2) is 36.6 Å². The number of aryl methyl sites for hydroxylation is 1. The molecule has 0 unspecified atom stereocenters. The smallest absolute Gasteiger partial charge is 0.325 e. The molecular weight excluding hydrogens is 332 g/mol. The first-order valence-corrected chi connectivity index (χ1v) is 8.66. The summed E-state index contributed by atoms with van der Waals surface area (Å²) >= 11 is 0. The van der Waals surface area contributed by atoms with Crippen LogP contribution in [0.5, 0.6) is 11.5 Å². The van der Waals surface area contributed by atoms with Crippen LogP contribution in [0.3, 0.4) is 0 Å². The van der Waals surface area contributed by atoms with Gasteiger partial charge >= 0.3 is 6.03 Å². The molecule has 26 heavy (non-hydrogen) atoms. The van der Waals surface area contributed by atoms with Crippen molar-refractivity contribution in [3.05, 3.63) is 59.7 Å². The molecule has 2 aromatic rings. The number of ether oxygens (including phenoxy) is 2. The Labute approximate surface area is 151 Å². The molecule has 0 saturated carbocycles. The molecule has 1 saturated heterocycles. The van der Waals surface area contributed by atoms with Gasteiger partial charge in [0, 0.05) is 12.0 Å². The molecule has 0 aliphatic carbocycles. The van der Waals surface area contributed by atoms with Gasteiger partial charge in [0.05, 0.1) is 13.2 Å². The van der Waals surface area contributed by atoms with Gasteiger partial charge in [-0.2, -0.15) is 0 Å². The third-order valence-electron chi connectivity index (χ3n) is 4.86. The predicted molar refractivity (Wildman–Crippen MR) is 95.2 cm³/mol. The molecule has 1 N–H and O–H groups in total. The summed E-state index contributed by atoms with van der Waals surface area (Å²) in [6.45, 7) is 2.83. The number of urea groups is 1. The first kappa shape index (κ1) is 16.4. The van der Waals surface area contributed by atoms with Crippen molar-refractivity contribution in [1.29, 1.82) is 0 Å². The van der Waals surface area contributed by atoms with Crippen LogP contribution in [0.1, 0.15) is 17.5 Å². The molecule has 2 aromatic carbocycles. The van der Waals surface area contributed by atoms with E-state index in [1.165, 1.54) is 4.90 Å². The van der Waals surface area contributed by atoms with E-state index in [4.69, 9.17) is 9.47 Å². The summed E-state index contributed by atoms with van der Waals surface area (Å²) < 4.78 is 11.3. The molecular formula is C20H20N2O4. The fraction of sp³-hybridized carbons (Fsp3) is 0.300. The van der Waals surface area contributed by atoms with Gasteiger partial charge in [-0.15, -0.1) is 0 Å². The number of nitrogens with zero attached hydrogens (tertiary/aromatic N) is 1. The van der Waals surface area contributed by atoms with Crippen LogP contribution in [0.2, 0.25) is 0 Å². The largest absolute Gasteiger partial charge is 0.493 e. The molecule has 0 bridgehead atoms. The minimum absolute atomic E-state index is 0.198. The number of benzene rings is 2. The van der Waals surface area contributed by atoms with Crippen molar-refractivity contribution >= 4 is 11.9 Å². The van der Waals surface area contributed by atoms with Gasteiger partial charge in [-0.3, -0.25) is 9.69 Å². The Morgan fingerprint density at radius 2 is 1.92 bits per heavy atom. The molecule has 2 aliphatic rings. The van der Waals surface area contributed by atoms with E-state index in [1.807, 2.05) is 55.5 Å². The summed E-state index contributed by atoms with van der Waals surface area (Å²) in [5, 5.41) is 2.88. The summed E-state index contributed by atoms with van der Waals surface area (Å²) in [4.78, 5) is 26.8. The van der Waals surface area contributed by atoms with Gasteiger partial charge < -0.3 is 14.8 Å². The van der Waals surface area contributed by atoms with Gasteiger partial charge in [0.1, 0.15) is 18.1 Å². The normalized spacial score (nSPS) is 21.3. The lowest BCUT2D eigenvalue weighted by Gasteiger charge is -2.33. The van der Waals surface area contributed by atoms with Crippen LogP contribution in [0.25, 0.3) is 0 Å². The summed E-state index contributed by atoms with van der Waals surface area (Å²) in [5.41, 5.74) is 0.827. The number of rotatable bonds is 4. The molecule has 0 radical (unpaired) electrons. The third kappa shape index (κ3) is 2.67. The maximum Gasteiger partial charge on any atom is 0.325 e. The lowest BCUT2D eigenvalue weighted by molar-refractivity contribution is -0.132. The lowest BCUT2D eigenvalue weighted by atomic mass is 9.84. The zero-order valence-corrected chi connectivity index (χ0v) is 14.5. The van der Waals surface area contributed by atoms with Crippen LogP contribution in [0, 0.1) is 6.92 Å². The number of hydrogen-bond acceptors (Lipinski definition) is 4. The minimum atomic E-state index is -1.03. The van der Waals surface area contributed by atoms with Crippen molar-refractivity contribution in [2.45, 2.75) is 18.9 Å². The fourth-order valence-electron chi connectivity index (χ4n) is 3.46. The van der Waals surface area contributed by atoms with Crippen LogP contribution in [0.4, 0.5) is 4.79 Å². The summed E-state index contributed by atoms with van der Waals surface area (Å²) in [6.07, 6.45) is 0.421. The third-order valence-corrected chi connectivity index (χ3v) is 4.86. The Hall–Kier alpha value is -3.02. The maximum atomic E-state index is 13.1. The first-order valence-electron chi connectivity index (χ1n) is 8.66. The highest BCUT2D eigenvalue weighted by Crippen LogP contribution is 2.40. The minimum Gasteiger partial charge on any atom is -0.493 e. The Kier molecular flexibility index (Phi) is 4.03. The van der Waals surface area contributed by atoms with Crippen molar-refractivity contribution in [3.8, 4) is 11.5 Å².